The van der Waals surface area contributed by atoms with Crippen molar-refractivity contribution in [1.29, 1.82) is 0 Å². The van der Waals surface area contributed by atoms with Gasteiger partial charge in [-0.3, -0.25) is 0 Å². The van der Waals surface area contributed by atoms with Gasteiger partial charge in [-0.05, 0) is 29.8 Å². The van der Waals surface area contributed by atoms with E-state index in [4.69, 9.17) is 11.6 Å². The molecular weight excluding hydrogens is 289 g/mol. The second-order valence-corrected chi connectivity index (χ2v) is 5.00. The van der Waals surface area contributed by atoms with E-state index >= 15 is 0 Å². The van der Waals surface area contributed by atoms with E-state index in [0.717, 1.165) is 11.3 Å². The Morgan fingerprint density at radius 2 is 1.95 bits per heavy atom. The highest BCUT2D eigenvalue weighted by atomic mass is 35.5. The fourth-order valence-electron chi connectivity index (χ4n) is 2.04. The first-order valence-electron chi connectivity index (χ1n) is 6.49. The first kappa shape index (κ1) is 13.6. The van der Waals surface area contributed by atoms with Gasteiger partial charge in [0.05, 0.1) is 17.0 Å². The number of imidazole rings is 1. The first-order valence-corrected chi connectivity index (χ1v) is 6.87. The Bertz CT molecular complexity index is 724. The predicted molar refractivity (Wildman–Crippen MR) is 82.3 cm³/mol. The van der Waals surface area contributed by atoms with Crippen LogP contribution in [0.15, 0.2) is 61.2 Å². The summed E-state index contributed by atoms with van der Waals surface area (Å²) >= 11 is 5.75. The SMILES string of the molecule is Fc1c(Cl)cccc1NCc1ccc(-n2ccnc2)cc1. The number of nitrogens with zero attached hydrogens (tertiary/aromatic N) is 2. The molecule has 0 fully saturated rings. The first-order chi connectivity index (χ1) is 10.2. The molecule has 0 aliphatic heterocycles. The average molecular weight is 302 g/mol. The summed E-state index contributed by atoms with van der Waals surface area (Å²) in [5, 5.41) is 3.17. The van der Waals surface area contributed by atoms with Crippen LogP contribution in [0.25, 0.3) is 5.69 Å². The highest BCUT2D eigenvalue weighted by Gasteiger charge is 2.05. The van der Waals surface area contributed by atoms with Crippen LogP contribution < -0.4 is 5.32 Å². The summed E-state index contributed by atoms with van der Waals surface area (Å²) in [7, 11) is 0. The molecule has 0 aliphatic carbocycles. The molecule has 0 bridgehead atoms. The third-order valence-corrected chi connectivity index (χ3v) is 3.47. The van der Waals surface area contributed by atoms with E-state index < -0.39 is 5.82 Å². The molecule has 1 aromatic heterocycles. The Labute approximate surface area is 127 Å². The number of anilines is 1. The second kappa shape index (κ2) is 5.97. The molecule has 3 rings (SSSR count). The smallest absolute Gasteiger partial charge is 0.164 e. The van der Waals surface area contributed by atoms with Crippen LogP contribution in [0, 0.1) is 5.82 Å². The largest absolute Gasteiger partial charge is 0.379 e. The highest BCUT2D eigenvalue weighted by Crippen LogP contribution is 2.22. The maximum Gasteiger partial charge on any atom is 0.164 e. The lowest BCUT2D eigenvalue weighted by molar-refractivity contribution is 0.630. The topological polar surface area (TPSA) is 29.9 Å². The van der Waals surface area contributed by atoms with Crippen molar-refractivity contribution >= 4 is 17.3 Å². The van der Waals surface area contributed by atoms with Gasteiger partial charge in [0.1, 0.15) is 0 Å². The van der Waals surface area contributed by atoms with Gasteiger partial charge in [-0.1, -0.05) is 29.8 Å². The molecule has 3 aromatic rings. The van der Waals surface area contributed by atoms with Gasteiger partial charge in [0.15, 0.2) is 5.82 Å². The molecule has 0 amide bonds. The quantitative estimate of drug-likeness (QED) is 0.779. The van der Waals surface area contributed by atoms with Crippen molar-refractivity contribution in [2.45, 2.75) is 6.54 Å². The van der Waals surface area contributed by atoms with Crippen LogP contribution in [-0.2, 0) is 6.54 Å². The summed E-state index contributed by atoms with van der Waals surface area (Å²) in [6, 6.07) is 12.9. The maximum absolute atomic E-state index is 13.7. The molecule has 3 nitrogen and oxygen atoms in total. The Hall–Kier alpha value is -2.33. The van der Waals surface area contributed by atoms with Crippen LogP contribution in [-0.4, -0.2) is 9.55 Å². The van der Waals surface area contributed by atoms with Gasteiger partial charge < -0.3 is 9.88 Å². The van der Waals surface area contributed by atoms with Gasteiger partial charge in [0.2, 0.25) is 0 Å². The van der Waals surface area contributed by atoms with Crippen molar-refractivity contribution in [3.8, 4) is 5.69 Å². The van der Waals surface area contributed by atoms with Crippen molar-refractivity contribution in [2.24, 2.45) is 0 Å². The number of rotatable bonds is 4. The van der Waals surface area contributed by atoms with Crippen LogP contribution >= 0.6 is 11.6 Å². The minimum Gasteiger partial charge on any atom is -0.379 e. The Kier molecular flexibility index (Phi) is 3.88. The minimum absolute atomic E-state index is 0.121. The number of nitrogens with one attached hydrogen (secondary N) is 1. The third kappa shape index (κ3) is 3.06. The normalized spacial score (nSPS) is 10.6. The molecule has 0 unspecified atom stereocenters. The van der Waals surface area contributed by atoms with Crippen LogP contribution in [0.5, 0.6) is 0 Å². The zero-order valence-corrected chi connectivity index (χ0v) is 11.9. The van der Waals surface area contributed by atoms with E-state index in [1.165, 1.54) is 6.07 Å². The van der Waals surface area contributed by atoms with Gasteiger partial charge in [0, 0.05) is 24.6 Å². The van der Waals surface area contributed by atoms with Crippen molar-refractivity contribution in [3.63, 3.8) is 0 Å². The van der Waals surface area contributed by atoms with Gasteiger partial charge in [-0.25, -0.2) is 9.37 Å². The summed E-state index contributed by atoms with van der Waals surface area (Å²) in [6.45, 7) is 0.529. The summed E-state index contributed by atoms with van der Waals surface area (Å²) in [6.07, 6.45) is 5.36. The molecule has 1 N–H and O–H groups in total. The third-order valence-electron chi connectivity index (χ3n) is 3.17. The minimum atomic E-state index is -0.422. The second-order valence-electron chi connectivity index (χ2n) is 4.59. The molecule has 0 saturated carbocycles. The number of aromatic nitrogens is 2. The molecule has 1 heterocycles. The van der Waals surface area contributed by atoms with Gasteiger partial charge >= 0.3 is 0 Å². The lowest BCUT2D eigenvalue weighted by Crippen LogP contribution is -2.02. The van der Waals surface area contributed by atoms with E-state index in [-0.39, 0.29) is 5.02 Å². The van der Waals surface area contributed by atoms with E-state index in [9.17, 15) is 4.39 Å². The zero-order chi connectivity index (χ0) is 14.7. The lowest BCUT2D eigenvalue weighted by atomic mass is 10.2. The van der Waals surface area contributed by atoms with E-state index in [2.05, 4.69) is 10.3 Å². The van der Waals surface area contributed by atoms with Crippen molar-refractivity contribution in [1.82, 2.24) is 9.55 Å². The van der Waals surface area contributed by atoms with Crippen LogP contribution in [0.3, 0.4) is 0 Å². The van der Waals surface area contributed by atoms with Crippen molar-refractivity contribution < 1.29 is 4.39 Å². The van der Waals surface area contributed by atoms with Crippen molar-refractivity contribution in [3.05, 3.63) is 77.6 Å². The number of halogens is 2. The van der Waals surface area contributed by atoms with E-state index in [0.29, 0.717) is 12.2 Å². The van der Waals surface area contributed by atoms with Gasteiger partial charge in [-0.2, -0.15) is 0 Å². The summed E-state index contributed by atoms with van der Waals surface area (Å²) < 4.78 is 15.7. The van der Waals surface area contributed by atoms with Gasteiger partial charge in [0.25, 0.3) is 0 Å². The Balaban J connectivity index is 1.70. The van der Waals surface area contributed by atoms with Crippen LogP contribution in [0.4, 0.5) is 10.1 Å². The van der Waals surface area contributed by atoms with E-state index in [1.807, 2.05) is 35.0 Å². The summed E-state index contributed by atoms with van der Waals surface area (Å²) in [5.74, 6) is -0.422. The molecule has 5 heteroatoms. The van der Waals surface area contributed by atoms with E-state index in [1.54, 1.807) is 24.7 Å². The number of hydrogen-bond donors (Lipinski definition) is 1. The molecule has 0 aliphatic rings. The predicted octanol–water partition coefficient (Wildman–Crippen LogP) is 4.28. The Morgan fingerprint density at radius 1 is 1.14 bits per heavy atom. The number of hydrogen-bond acceptors (Lipinski definition) is 2. The lowest BCUT2D eigenvalue weighted by Gasteiger charge is -2.09. The fourth-order valence-corrected chi connectivity index (χ4v) is 2.21. The average Bonchev–Trinajstić information content (AvgIpc) is 3.04. The fraction of sp³-hybridized carbons (Fsp3) is 0.0625. The van der Waals surface area contributed by atoms with Crippen LogP contribution in [0.1, 0.15) is 5.56 Å². The standard InChI is InChI=1S/C16H13ClFN3/c17-14-2-1-3-15(16(14)18)20-10-12-4-6-13(7-5-12)21-9-8-19-11-21/h1-9,11,20H,10H2. The Morgan fingerprint density at radius 3 is 2.67 bits per heavy atom. The highest BCUT2D eigenvalue weighted by molar-refractivity contribution is 6.31. The summed E-state index contributed by atoms with van der Waals surface area (Å²) in [4.78, 5) is 4.01. The molecule has 0 atom stereocenters. The summed E-state index contributed by atoms with van der Waals surface area (Å²) in [5.41, 5.74) is 2.49. The molecule has 106 valence electrons. The molecular formula is C16H13ClFN3. The van der Waals surface area contributed by atoms with Gasteiger partial charge in [-0.15, -0.1) is 0 Å². The molecule has 0 saturated heterocycles. The molecule has 0 spiro atoms. The van der Waals surface area contributed by atoms with Crippen LogP contribution in [0.2, 0.25) is 5.02 Å². The number of benzene rings is 2. The monoisotopic (exact) mass is 301 g/mol. The van der Waals surface area contributed by atoms with Crippen molar-refractivity contribution in [2.75, 3.05) is 5.32 Å². The zero-order valence-electron chi connectivity index (χ0n) is 11.1. The molecule has 2 aromatic carbocycles. The molecule has 0 radical (unpaired) electrons. The molecule has 21 heavy (non-hydrogen) atoms. The maximum atomic E-state index is 13.7.